The van der Waals surface area contributed by atoms with E-state index in [1.165, 1.54) is 21.9 Å². The third-order valence-corrected chi connectivity index (χ3v) is 3.72. The molecule has 1 aromatic rings. The molecule has 0 aliphatic carbocycles. The van der Waals surface area contributed by atoms with Crippen molar-refractivity contribution >= 4 is 17.7 Å². The van der Waals surface area contributed by atoms with Gasteiger partial charge in [0.15, 0.2) is 0 Å². The lowest BCUT2D eigenvalue weighted by Crippen LogP contribution is -2.53. The smallest absolute Gasteiger partial charge is 0.326 e. The highest BCUT2D eigenvalue weighted by molar-refractivity contribution is 5.94. The van der Waals surface area contributed by atoms with Gasteiger partial charge < -0.3 is 10.0 Å². The number of carboxylic acids is 1. The monoisotopic (exact) mass is 294 g/mol. The van der Waals surface area contributed by atoms with Gasteiger partial charge in [0.05, 0.1) is 5.69 Å². The molecule has 0 bridgehead atoms. The summed E-state index contributed by atoms with van der Waals surface area (Å²) in [5.74, 6) is -1.50. The number of likely N-dealkylation sites (tertiary alicyclic amines) is 1. The number of amides is 2. The minimum Gasteiger partial charge on any atom is -0.480 e. The number of hydrogen-bond donors (Lipinski definition) is 1. The molecule has 1 aromatic carbocycles. The molecule has 0 radical (unpaired) electrons. The molecule has 6 heteroatoms. The number of nitrogens with zero attached hydrogens (tertiary/aromatic N) is 2. The van der Waals surface area contributed by atoms with Crippen molar-refractivity contribution in [2.24, 2.45) is 0 Å². The summed E-state index contributed by atoms with van der Waals surface area (Å²) in [5, 5.41) is 9.25. The molecule has 1 aliphatic heterocycles. The van der Waals surface area contributed by atoms with Crippen LogP contribution in [0.5, 0.6) is 0 Å². The van der Waals surface area contributed by atoms with Gasteiger partial charge in [-0.2, -0.15) is 0 Å². The standard InChI is InChI=1S/C15H19FN2O3/c1-2-17(12-8-4-3-7-11(12)16)15(21)18-10-6-5-9-13(18)14(19)20/h3-4,7-8,13H,2,5-6,9-10H2,1H3,(H,19,20). The first-order chi connectivity index (χ1) is 10.1. The van der Waals surface area contributed by atoms with Crippen LogP contribution < -0.4 is 4.90 Å². The largest absolute Gasteiger partial charge is 0.480 e. The lowest BCUT2D eigenvalue weighted by Gasteiger charge is -2.36. The van der Waals surface area contributed by atoms with Gasteiger partial charge in [0.25, 0.3) is 0 Å². The van der Waals surface area contributed by atoms with E-state index in [-0.39, 0.29) is 12.2 Å². The predicted octanol–water partition coefficient (Wildman–Crippen LogP) is 2.71. The molecule has 2 rings (SSSR count). The van der Waals surface area contributed by atoms with Crippen molar-refractivity contribution in [3.05, 3.63) is 30.1 Å². The van der Waals surface area contributed by atoms with Gasteiger partial charge >= 0.3 is 12.0 Å². The van der Waals surface area contributed by atoms with Crippen molar-refractivity contribution in [3.8, 4) is 0 Å². The van der Waals surface area contributed by atoms with Crippen molar-refractivity contribution in [1.82, 2.24) is 4.90 Å². The van der Waals surface area contributed by atoms with Gasteiger partial charge in [0, 0.05) is 13.1 Å². The lowest BCUT2D eigenvalue weighted by atomic mass is 10.0. The van der Waals surface area contributed by atoms with Crippen LogP contribution in [0.1, 0.15) is 26.2 Å². The Morgan fingerprint density at radius 2 is 2.10 bits per heavy atom. The Morgan fingerprint density at radius 1 is 1.38 bits per heavy atom. The van der Waals surface area contributed by atoms with E-state index in [4.69, 9.17) is 0 Å². The number of para-hydroxylation sites is 1. The first kappa shape index (κ1) is 15.3. The Hall–Kier alpha value is -2.11. The van der Waals surface area contributed by atoms with Crippen LogP contribution in [0.2, 0.25) is 0 Å². The maximum absolute atomic E-state index is 13.9. The minimum atomic E-state index is -1.01. The molecule has 1 atom stereocenters. The Kier molecular flexibility index (Phi) is 4.77. The molecule has 2 amide bonds. The number of halogens is 1. The summed E-state index contributed by atoms with van der Waals surface area (Å²) < 4.78 is 13.9. The van der Waals surface area contributed by atoms with Crippen molar-refractivity contribution in [2.75, 3.05) is 18.0 Å². The summed E-state index contributed by atoms with van der Waals surface area (Å²) >= 11 is 0. The molecule has 1 heterocycles. The molecule has 1 unspecified atom stereocenters. The van der Waals surface area contributed by atoms with Crippen LogP contribution in [0.15, 0.2) is 24.3 Å². The average Bonchev–Trinajstić information content (AvgIpc) is 2.49. The van der Waals surface area contributed by atoms with Gasteiger partial charge in [-0.05, 0) is 38.3 Å². The molecule has 21 heavy (non-hydrogen) atoms. The summed E-state index contributed by atoms with van der Waals surface area (Å²) in [6.45, 7) is 2.41. The fourth-order valence-electron chi connectivity index (χ4n) is 2.65. The van der Waals surface area contributed by atoms with Crippen molar-refractivity contribution in [2.45, 2.75) is 32.2 Å². The molecule has 0 saturated carbocycles. The van der Waals surface area contributed by atoms with Gasteiger partial charge in [-0.15, -0.1) is 0 Å². The van der Waals surface area contributed by atoms with Crippen LogP contribution in [-0.2, 0) is 4.79 Å². The number of benzene rings is 1. The number of rotatable bonds is 3. The highest BCUT2D eigenvalue weighted by Gasteiger charge is 2.34. The molecule has 114 valence electrons. The molecule has 1 fully saturated rings. The van der Waals surface area contributed by atoms with Gasteiger partial charge in [-0.25, -0.2) is 14.0 Å². The van der Waals surface area contributed by atoms with Crippen molar-refractivity contribution in [3.63, 3.8) is 0 Å². The highest BCUT2D eigenvalue weighted by atomic mass is 19.1. The normalized spacial score (nSPS) is 18.4. The van der Waals surface area contributed by atoms with E-state index in [0.29, 0.717) is 13.0 Å². The zero-order valence-electron chi connectivity index (χ0n) is 12.0. The van der Waals surface area contributed by atoms with Crippen molar-refractivity contribution in [1.29, 1.82) is 0 Å². The molecule has 0 aromatic heterocycles. The molecule has 1 aliphatic rings. The maximum atomic E-state index is 13.9. The second kappa shape index (κ2) is 6.56. The number of hydrogen-bond acceptors (Lipinski definition) is 2. The predicted molar refractivity (Wildman–Crippen MR) is 76.8 cm³/mol. The highest BCUT2D eigenvalue weighted by Crippen LogP contribution is 2.24. The van der Waals surface area contributed by atoms with E-state index in [1.54, 1.807) is 19.1 Å². The summed E-state index contributed by atoms with van der Waals surface area (Å²) in [7, 11) is 0. The first-order valence-corrected chi connectivity index (χ1v) is 7.11. The number of aliphatic carboxylic acids is 1. The van der Waals surface area contributed by atoms with Crippen LogP contribution in [0, 0.1) is 5.82 Å². The van der Waals surface area contributed by atoms with E-state index in [1.807, 2.05) is 0 Å². The van der Waals surface area contributed by atoms with E-state index < -0.39 is 23.9 Å². The number of carbonyl (C=O) groups excluding carboxylic acids is 1. The Balaban J connectivity index is 2.27. The van der Waals surface area contributed by atoms with Gasteiger partial charge in [0.1, 0.15) is 11.9 Å². The molecular weight excluding hydrogens is 275 g/mol. The lowest BCUT2D eigenvalue weighted by molar-refractivity contribution is -0.143. The third-order valence-electron chi connectivity index (χ3n) is 3.72. The molecule has 0 spiro atoms. The average molecular weight is 294 g/mol. The minimum absolute atomic E-state index is 0.180. The fraction of sp³-hybridized carbons (Fsp3) is 0.467. The zero-order valence-corrected chi connectivity index (χ0v) is 12.0. The van der Waals surface area contributed by atoms with Gasteiger partial charge in [-0.3, -0.25) is 4.90 Å². The van der Waals surface area contributed by atoms with Crippen LogP contribution in [0.4, 0.5) is 14.9 Å². The molecule has 5 nitrogen and oxygen atoms in total. The third kappa shape index (κ3) is 3.15. The Morgan fingerprint density at radius 3 is 2.71 bits per heavy atom. The van der Waals surface area contributed by atoms with Crippen LogP contribution >= 0.6 is 0 Å². The maximum Gasteiger partial charge on any atom is 0.326 e. The van der Waals surface area contributed by atoms with E-state index >= 15 is 0 Å². The van der Waals surface area contributed by atoms with E-state index in [9.17, 15) is 19.1 Å². The topological polar surface area (TPSA) is 60.9 Å². The summed E-state index contributed by atoms with van der Waals surface area (Å²) in [4.78, 5) is 26.5. The quantitative estimate of drug-likeness (QED) is 0.932. The second-order valence-corrected chi connectivity index (χ2v) is 5.02. The number of piperidine rings is 1. The Labute approximate surface area is 123 Å². The number of urea groups is 1. The zero-order chi connectivity index (χ0) is 15.4. The van der Waals surface area contributed by atoms with Crippen LogP contribution in [0.25, 0.3) is 0 Å². The molecular formula is C15H19FN2O3. The van der Waals surface area contributed by atoms with Crippen molar-refractivity contribution < 1.29 is 19.1 Å². The van der Waals surface area contributed by atoms with E-state index in [0.717, 1.165) is 12.8 Å². The summed E-state index contributed by atoms with van der Waals surface area (Å²) in [6, 6.07) is 4.74. The summed E-state index contributed by atoms with van der Waals surface area (Å²) in [6.07, 6.45) is 1.99. The van der Waals surface area contributed by atoms with Crippen LogP contribution in [-0.4, -0.2) is 41.1 Å². The number of carbonyl (C=O) groups is 2. The molecule has 1 N–H and O–H groups in total. The first-order valence-electron chi connectivity index (χ1n) is 7.11. The SMILES string of the molecule is CCN(C(=O)N1CCCCC1C(=O)O)c1ccccc1F. The molecule has 1 saturated heterocycles. The summed E-state index contributed by atoms with van der Waals surface area (Å²) in [5.41, 5.74) is 0.180. The Bertz CT molecular complexity index is 535. The fourth-order valence-corrected chi connectivity index (χ4v) is 2.65. The van der Waals surface area contributed by atoms with Gasteiger partial charge in [0.2, 0.25) is 0 Å². The van der Waals surface area contributed by atoms with Gasteiger partial charge in [-0.1, -0.05) is 12.1 Å². The second-order valence-electron chi connectivity index (χ2n) is 5.02. The number of anilines is 1. The van der Waals surface area contributed by atoms with Crippen LogP contribution in [0.3, 0.4) is 0 Å². The van der Waals surface area contributed by atoms with E-state index in [2.05, 4.69) is 0 Å². The number of carboxylic acid groups (broad SMARTS) is 1.